The van der Waals surface area contributed by atoms with E-state index in [1.54, 1.807) is 0 Å². The monoisotopic (exact) mass is 287 g/mol. The van der Waals surface area contributed by atoms with Crippen LogP contribution in [0.2, 0.25) is 0 Å². The number of rotatable bonds is 3. The highest BCUT2D eigenvalue weighted by atomic mass is 16.5. The molecule has 1 saturated carbocycles. The van der Waals surface area contributed by atoms with E-state index in [1.807, 2.05) is 12.1 Å². The smallest absolute Gasteiger partial charge is 0.423 e. The zero-order valence-corrected chi connectivity index (χ0v) is 12.2. The maximum atomic E-state index is 9.19. The molecule has 0 amide bonds. The summed E-state index contributed by atoms with van der Waals surface area (Å²) < 4.78 is 5.48. The van der Waals surface area contributed by atoms with Gasteiger partial charge in [0.25, 0.3) is 0 Å². The van der Waals surface area contributed by atoms with Crippen molar-refractivity contribution in [2.75, 3.05) is 19.8 Å². The number of hydrogen-bond donors (Lipinski definition) is 2. The molecular formula is C16H22BNO3. The van der Waals surface area contributed by atoms with Crippen LogP contribution in [0.1, 0.15) is 30.7 Å². The molecule has 1 aromatic rings. The summed E-state index contributed by atoms with van der Waals surface area (Å²) in [6, 6.07) is 9.23. The SMILES string of the molecule is OB(O)c1ccc([C@@H]2C3C[C@@H]2CN3C2CCOCC2)cc1. The molecule has 2 bridgehead atoms. The Labute approximate surface area is 125 Å². The van der Waals surface area contributed by atoms with Crippen LogP contribution in [0.3, 0.4) is 0 Å². The largest absolute Gasteiger partial charge is 0.488 e. The lowest BCUT2D eigenvalue weighted by molar-refractivity contribution is 0.0305. The summed E-state index contributed by atoms with van der Waals surface area (Å²) >= 11 is 0. The predicted molar refractivity (Wildman–Crippen MR) is 81.5 cm³/mol. The molecule has 5 rings (SSSR count). The summed E-state index contributed by atoms with van der Waals surface area (Å²) in [7, 11) is -1.36. The number of nitrogens with zero attached hydrogens (tertiary/aromatic N) is 1. The van der Waals surface area contributed by atoms with E-state index in [1.165, 1.54) is 31.4 Å². The summed E-state index contributed by atoms with van der Waals surface area (Å²) in [4.78, 5) is 2.71. The second-order valence-electron chi connectivity index (χ2n) is 6.67. The van der Waals surface area contributed by atoms with Gasteiger partial charge in [-0.3, -0.25) is 4.90 Å². The van der Waals surface area contributed by atoms with Crippen LogP contribution in [-0.4, -0.2) is 53.9 Å². The lowest BCUT2D eigenvalue weighted by Gasteiger charge is -2.40. The Morgan fingerprint density at radius 3 is 2.48 bits per heavy atom. The van der Waals surface area contributed by atoms with Gasteiger partial charge < -0.3 is 14.8 Å². The second-order valence-corrected chi connectivity index (χ2v) is 6.67. The summed E-state index contributed by atoms with van der Waals surface area (Å²) in [5.74, 6) is 1.42. The van der Waals surface area contributed by atoms with Crippen LogP contribution in [0.15, 0.2) is 24.3 Å². The molecule has 2 N–H and O–H groups in total. The molecule has 4 nitrogen and oxygen atoms in total. The summed E-state index contributed by atoms with van der Waals surface area (Å²) in [6.07, 6.45) is 3.67. The summed E-state index contributed by atoms with van der Waals surface area (Å²) in [5.41, 5.74) is 1.93. The fourth-order valence-electron chi connectivity index (χ4n) is 4.48. The first-order valence-corrected chi connectivity index (χ1v) is 8.03. The molecule has 0 radical (unpaired) electrons. The van der Waals surface area contributed by atoms with Crippen molar-refractivity contribution in [3.63, 3.8) is 0 Å². The lowest BCUT2D eigenvalue weighted by atomic mass is 9.69. The minimum absolute atomic E-state index is 0.576. The number of hydrogen-bond acceptors (Lipinski definition) is 4. The average molecular weight is 287 g/mol. The Bertz CT molecular complexity index is 501. The first kappa shape index (κ1) is 13.8. The fraction of sp³-hybridized carbons (Fsp3) is 0.625. The van der Waals surface area contributed by atoms with Gasteiger partial charge in [-0.25, -0.2) is 0 Å². The van der Waals surface area contributed by atoms with E-state index in [0.717, 1.165) is 19.1 Å². The lowest BCUT2D eigenvalue weighted by Crippen LogP contribution is -2.44. The average Bonchev–Trinajstić information content (AvgIpc) is 3.08. The predicted octanol–water partition coefficient (Wildman–Crippen LogP) is 0.333. The van der Waals surface area contributed by atoms with Crippen molar-refractivity contribution in [1.29, 1.82) is 0 Å². The zero-order chi connectivity index (χ0) is 14.4. The third kappa shape index (κ3) is 2.32. The Morgan fingerprint density at radius 1 is 1.10 bits per heavy atom. The van der Waals surface area contributed by atoms with E-state index in [0.29, 0.717) is 23.5 Å². The first-order chi connectivity index (χ1) is 10.2. The number of fused-ring (bicyclic) bond motifs is 1. The number of benzene rings is 1. The molecular weight excluding hydrogens is 265 g/mol. The van der Waals surface area contributed by atoms with E-state index in [9.17, 15) is 10.0 Å². The van der Waals surface area contributed by atoms with E-state index in [2.05, 4.69) is 17.0 Å². The van der Waals surface area contributed by atoms with Crippen LogP contribution < -0.4 is 5.46 Å². The summed E-state index contributed by atoms with van der Waals surface area (Å²) in [5, 5.41) is 18.4. The Balaban J connectivity index is 1.48. The molecule has 3 saturated heterocycles. The van der Waals surface area contributed by atoms with Crippen LogP contribution >= 0.6 is 0 Å². The molecule has 3 aliphatic heterocycles. The van der Waals surface area contributed by atoms with Crippen molar-refractivity contribution < 1.29 is 14.8 Å². The highest BCUT2D eigenvalue weighted by molar-refractivity contribution is 6.58. The molecule has 112 valence electrons. The molecule has 4 fully saturated rings. The molecule has 5 heteroatoms. The topological polar surface area (TPSA) is 52.9 Å². The maximum Gasteiger partial charge on any atom is 0.488 e. The van der Waals surface area contributed by atoms with Crippen molar-refractivity contribution in [2.24, 2.45) is 5.92 Å². The third-order valence-electron chi connectivity index (χ3n) is 5.62. The molecule has 0 spiro atoms. The van der Waals surface area contributed by atoms with Crippen molar-refractivity contribution in [3.8, 4) is 0 Å². The van der Waals surface area contributed by atoms with Gasteiger partial charge in [-0.1, -0.05) is 24.3 Å². The van der Waals surface area contributed by atoms with Gasteiger partial charge in [0.1, 0.15) is 0 Å². The Kier molecular flexibility index (Phi) is 3.54. The van der Waals surface area contributed by atoms with Crippen LogP contribution in [0.5, 0.6) is 0 Å². The third-order valence-corrected chi connectivity index (χ3v) is 5.62. The molecule has 1 unspecified atom stereocenters. The minimum atomic E-state index is -1.36. The van der Waals surface area contributed by atoms with E-state index >= 15 is 0 Å². The quantitative estimate of drug-likeness (QED) is 0.787. The first-order valence-electron chi connectivity index (χ1n) is 8.03. The van der Waals surface area contributed by atoms with Crippen LogP contribution in [0.4, 0.5) is 0 Å². The Hall–Kier alpha value is -0.875. The zero-order valence-electron chi connectivity index (χ0n) is 12.2. The minimum Gasteiger partial charge on any atom is -0.423 e. The molecule has 3 heterocycles. The normalized spacial score (nSPS) is 33.0. The van der Waals surface area contributed by atoms with Gasteiger partial charge in [0.05, 0.1) is 0 Å². The fourth-order valence-corrected chi connectivity index (χ4v) is 4.48. The van der Waals surface area contributed by atoms with E-state index in [4.69, 9.17) is 4.74 Å². The van der Waals surface area contributed by atoms with Crippen LogP contribution in [-0.2, 0) is 4.74 Å². The van der Waals surface area contributed by atoms with Crippen molar-refractivity contribution in [1.82, 2.24) is 4.90 Å². The molecule has 4 aliphatic rings. The van der Waals surface area contributed by atoms with Gasteiger partial charge in [0.2, 0.25) is 0 Å². The molecule has 1 aromatic carbocycles. The molecule has 0 aromatic heterocycles. The number of ether oxygens (including phenoxy) is 1. The van der Waals surface area contributed by atoms with Crippen molar-refractivity contribution >= 4 is 12.6 Å². The highest BCUT2D eigenvalue weighted by Gasteiger charge is 2.53. The second kappa shape index (κ2) is 5.40. The van der Waals surface area contributed by atoms with E-state index in [-0.39, 0.29) is 0 Å². The van der Waals surface area contributed by atoms with Gasteiger partial charge in [-0.05, 0) is 36.2 Å². The molecule has 21 heavy (non-hydrogen) atoms. The summed E-state index contributed by atoms with van der Waals surface area (Å²) in [6.45, 7) is 3.04. The van der Waals surface area contributed by atoms with Gasteiger partial charge in [0, 0.05) is 37.8 Å². The molecule has 3 atom stereocenters. The van der Waals surface area contributed by atoms with Gasteiger partial charge in [-0.15, -0.1) is 0 Å². The highest BCUT2D eigenvalue weighted by Crippen LogP contribution is 2.53. The van der Waals surface area contributed by atoms with Gasteiger partial charge >= 0.3 is 7.12 Å². The van der Waals surface area contributed by atoms with Crippen molar-refractivity contribution in [3.05, 3.63) is 29.8 Å². The van der Waals surface area contributed by atoms with Gasteiger partial charge in [0.15, 0.2) is 0 Å². The standard InChI is InChI=1S/C16H22BNO3/c19-17(20)13-3-1-11(2-4-13)16-12-9-15(16)18(10-12)14-5-7-21-8-6-14/h1-4,12,14-16,19-20H,5-10H2/t12-,15?,16+/m1/s1. The van der Waals surface area contributed by atoms with Gasteiger partial charge in [-0.2, -0.15) is 0 Å². The molecule has 1 aliphatic carbocycles. The van der Waals surface area contributed by atoms with E-state index < -0.39 is 7.12 Å². The maximum absolute atomic E-state index is 9.19. The van der Waals surface area contributed by atoms with Crippen LogP contribution in [0.25, 0.3) is 0 Å². The van der Waals surface area contributed by atoms with Crippen molar-refractivity contribution in [2.45, 2.75) is 37.3 Å². The van der Waals surface area contributed by atoms with Crippen LogP contribution in [0, 0.1) is 5.92 Å². The Morgan fingerprint density at radius 2 is 1.81 bits per heavy atom.